The van der Waals surface area contributed by atoms with Crippen LogP contribution in [0.25, 0.3) is 0 Å². The molecule has 0 radical (unpaired) electrons. The lowest BCUT2D eigenvalue weighted by Gasteiger charge is -2.34. The summed E-state index contributed by atoms with van der Waals surface area (Å²) in [4.78, 5) is 6.83. The molecule has 1 aromatic rings. The van der Waals surface area contributed by atoms with E-state index in [1.807, 2.05) is 12.4 Å². The second-order valence-electron chi connectivity index (χ2n) is 6.94. The zero-order valence-corrected chi connectivity index (χ0v) is 13.4. The number of pyridine rings is 1. The smallest absolute Gasteiger partial charge is 0.0442 e. The van der Waals surface area contributed by atoms with Crippen LogP contribution in [0.5, 0.6) is 0 Å². The molecule has 1 aliphatic rings. The van der Waals surface area contributed by atoms with Gasteiger partial charge in [0.15, 0.2) is 0 Å². The summed E-state index contributed by atoms with van der Waals surface area (Å²) in [6, 6.07) is 2.17. The highest BCUT2D eigenvalue weighted by Gasteiger charge is 2.21. The second-order valence-corrected chi connectivity index (χ2v) is 6.94. The average Bonchev–Trinajstić information content (AvgIpc) is 2.35. The van der Waals surface area contributed by atoms with Crippen LogP contribution in [-0.4, -0.2) is 23.6 Å². The monoisotopic (exact) mass is 275 g/mol. The fourth-order valence-electron chi connectivity index (χ4n) is 2.61. The Morgan fingerprint density at radius 1 is 1.35 bits per heavy atom. The highest BCUT2D eigenvalue weighted by Crippen LogP contribution is 2.30. The van der Waals surface area contributed by atoms with Crippen LogP contribution in [-0.2, 0) is 6.54 Å². The molecule has 112 valence electrons. The largest absolute Gasteiger partial charge is 0.371 e. The van der Waals surface area contributed by atoms with Gasteiger partial charge in [-0.1, -0.05) is 6.42 Å². The van der Waals surface area contributed by atoms with Gasteiger partial charge in [0.2, 0.25) is 0 Å². The van der Waals surface area contributed by atoms with E-state index >= 15 is 0 Å². The summed E-state index contributed by atoms with van der Waals surface area (Å²) in [7, 11) is 0. The maximum Gasteiger partial charge on any atom is 0.0442 e. The molecule has 0 bridgehead atoms. The van der Waals surface area contributed by atoms with E-state index in [0.717, 1.165) is 19.0 Å². The zero-order valence-electron chi connectivity index (χ0n) is 13.4. The molecule has 0 aromatic carbocycles. The molecule has 1 N–H and O–H groups in total. The van der Waals surface area contributed by atoms with Gasteiger partial charge in [0.05, 0.1) is 0 Å². The van der Waals surface area contributed by atoms with E-state index in [9.17, 15) is 0 Å². The summed E-state index contributed by atoms with van der Waals surface area (Å²) >= 11 is 0. The van der Waals surface area contributed by atoms with Crippen molar-refractivity contribution in [2.24, 2.45) is 5.92 Å². The number of hydrogen-bond acceptors (Lipinski definition) is 3. The minimum absolute atomic E-state index is 0.137. The molecule has 0 spiro atoms. The average molecular weight is 275 g/mol. The summed E-state index contributed by atoms with van der Waals surface area (Å²) in [5, 5.41) is 3.57. The Bertz CT molecular complexity index is 418. The molecule has 20 heavy (non-hydrogen) atoms. The molecule has 1 saturated carbocycles. The minimum Gasteiger partial charge on any atom is -0.371 e. The highest BCUT2D eigenvalue weighted by atomic mass is 15.1. The van der Waals surface area contributed by atoms with Crippen LogP contribution in [0, 0.1) is 5.92 Å². The number of hydrogen-bond donors (Lipinski definition) is 1. The molecule has 0 aliphatic heterocycles. The van der Waals surface area contributed by atoms with Gasteiger partial charge >= 0.3 is 0 Å². The van der Waals surface area contributed by atoms with Gasteiger partial charge in [-0.25, -0.2) is 0 Å². The van der Waals surface area contributed by atoms with Crippen LogP contribution in [0.2, 0.25) is 0 Å². The first-order valence-corrected chi connectivity index (χ1v) is 7.92. The SMILES string of the molecule is CCN(CC1CCC1)c1ccncc1CNC(C)(C)C. The summed E-state index contributed by atoms with van der Waals surface area (Å²) in [5.41, 5.74) is 2.80. The third-order valence-electron chi connectivity index (χ3n) is 4.11. The van der Waals surface area contributed by atoms with Crippen molar-refractivity contribution in [1.82, 2.24) is 10.3 Å². The maximum atomic E-state index is 4.31. The molecule has 1 fully saturated rings. The van der Waals surface area contributed by atoms with E-state index in [2.05, 4.69) is 49.0 Å². The number of nitrogens with one attached hydrogen (secondary N) is 1. The zero-order chi connectivity index (χ0) is 14.6. The Labute approximate surface area is 123 Å². The molecule has 1 heterocycles. The number of anilines is 1. The third kappa shape index (κ3) is 4.20. The normalized spacial score (nSPS) is 16.0. The van der Waals surface area contributed by atoms with Crippen LogP contribution in [0.1, 0.15) is 52.5 Å². The van der Waals surface area contributed by atoms with E-state index < -0.39 is 0 Å². The van der Waals surface area contributed by atoms with Gasteiger partial charge in [-0.05, 0) is 52.5 Å². The Hall–Kier alpha value is -1.09. The van der Waals surface area contributed by atoms with E-state index in [-0.39, 0.29) is 5.54 Å². The van der Waals surface area contributed by atoms with Gasteiger partial charge in [-0.3, -0.25) is 4.98 Å². The highest BCUT2D eigenvalue weighted by molar-refractivity contribution is 5.52. The van der Waals surface area contributed by atoms with E-state index in [1.54, 1.807) is 0 Å². The molecule has 2 rings (SSSR count). The lowest BCUT2D eigenvalue weighted by atomic mass is 9.85. The first-order chi connectivity index (χ1) is 9.49. The van der Waals surface area contributed by atoms with Crippen LogP contribution in [0.3, 0.4) is 0 Å². The van der Waals surface area contributed by atoms with Gasteiger partial charge < -0.3 is 10.2 Å². The molecule has 1 aliphatic carbocycles. The van der Waals surface area contributed by atoms with Gasteiger partial charge in [-0.2, -0.15) is 0 Å². The Kier molecular flexibility index (Phi) is 5.03. The number of rotatable bonds is 6. The van der Waals surface area contributed by atoms with Crippen LogP contribution < -0.4 is 10.2 Å². The van der Waals surface area contributed by atoms with Crippen molar-refractivity contribution in [3.8, 4) is 0 Å². The fourth-order valence-corrected chi connectivity index (χ4v) is 2.61. The minimum atomic E-state index is 0.137. The molecule has 3 nitrogen and oxygen atoms in total. The van der Waals surface area contributed by atoms with E-state index in [1.165, 1.54) is 37.1 Å². The van der Waals surface area contributed by atoms with Crippen molar-refractivity contribution >= 4 is 5.69 Å². The first-order valence-electron chi connectivity index (χ1n) is 7.92. The fraction of sp³-hybridized carbons (Fsp3) is 0.706. The number of nitrogens with zero attached hydrogens (tertiary/aromatic N) is 2. The summed E-state index contributed by atoms with van der Waals surface area (Å²) in [5.74, 6) is 0.895. The van der Waals surface area contributed by atoms with E-state index in [0.29, 0.717) is 0 Å². The van der Waals surface area contributed by atoms with Crippen molar-refractivity contribution < 1.29 is 0 Å². The van der Waals surface area contributed by atoms with Crippen molar-refractivity contribution in [2.75, 3.05) is 18.0 Å². The lowest BCUT2D eigenvalue weighted by molar-refractivity contribution is 0.318. The van der Waals surface area contributed by atoms with Crippen LogP contribution in [0.4, 0.5) is 5.69 Å². The molecule has 0 amide bonds. The molecular weight excluding hydrogens is 246 g/mol. The predicted octanol–water partition coefficient (Wildman–Crippen LogP) is 3.60. The molecule has 0 unspecified atom stereocenters. The molecule has 1 aromatic heterocycles. The maximum absolute atomic E-state index is 4.31. The molecular formula is C17H29N3. The Morgan fingerprint density at radius 2 is 2.10 bits per heavy atom. The standard InChI is InChI=1S/C17H29N3/c1-5-20(13-14-7-6-8-14)16-9-10-18-11-15(16)12-19-17(2,3)4/h9-11,14,19H,5-8,12-13H2,1-4H3. The summed E-state index contributed by atoms with van der Waals surface area (Å²) in [6.07, 6.45) is 8.14. The summed E-state index contributed by atoms with van der Waals surface area (Å²) in [6.45, 7) is 12.0. The Balaban J connectivity index is 2.07. The van der Waals surface area contributed by atoms with E-state index in [4.69, 9.17) is 0 Å². The third-order valence-corrected chi connectivity index (χ3v) is 4.11. The number of aromatic nitrogens is 1. The van der Waals surface area contributed by atoms with Crippen molar-refractivity contribution in [3.05, 3.63) is 24.0 Å². The molecule has 0 saturated heterocycles. The second kappa shape index (κ2) is 6.57. The van der Waals surface area contributed by atoms with Crippen molar-refractivity contribution in [1.29, 1.82) is 0 Å². The quantitative estimate of drug-likeness (QED) is 0.860. The molecule has 0 atom stereocenters. The summed E-state index contributed by atoms with van der Waals surface area (Å²) < 4.78 is 0. The lowest BCUT2D eigenvalue weighted by Crippen LogP contribution is -2.37. The van der Waals surface area contributed by atoms with Crippen molar-refractivity contribution in [3.63, 3.8) is 0 Å². The first kappa shape index (κ1) is 15.3. The van der Waals surface area contributed by atoms with Crippen molar-refractivity contribution in [2.45, 2.75) is 59.0 Å². The van der Waals surface area contributed by atoms with Gasteiger partial charge in [0.1, 0.15) is 0 Å². The van der Waals surface area contributed by atoms with Crippen LogP contribution in [0.15, 0.2) is 18.5 Å². The van der Waals surface area contributed by atoms with Gasteiger partial charge in [0, 0.05) is 48.8 Å². The molecule has 3 heteroatoms. The van der Waals surface area contributed by atoms with Gasteiger partial charge in [-0.15, -0.1) is 0 Å². The Morgan fingerprint density at radius 3 is 2.65 bits per heavy atom. The topological polar surface area (TPSA) is 28.2 Å². The van der Waals surface area contributed by atoms with Gasteiger partial charge in [0.25, 0.3) is 0 Å². The predicted molar refractivity (Wildman–Crippen MR) is 86.1 cm³/mol. The van der Waals surface area contributed by atoms with Crippen LogP contribution >= 0.6 is 0 Å².